The molecule has 0 saturated heterocycles. The molecule has 19 heavy (non-hydrogen) atoms. The van der Waals surface area contributed by atoms with E-state index in [0.717, 1.165) is 18.3 Å². The highest BCUT2D eigenvalue weighted by Crippen LogP contribution is 2.41. The van der Waals surface area contributed by atoms with Crippen molar-refractivity contribution < 1.29 is 0 Å². The first-order chi connectivity index (χ1) is 9.24. The Labute approximate surface area is 113 Å². The number of rotatable bonds is 5. The van der Waals surface area contributed by atoms with Crippen molar-refractivity contribution in [2.45, 2.75) is 32.4 Å². The van der Waals surface area contributed by atoms with Crippen LogP contribution in [0.25, 0.3) is 0 Å². The molecule has 1 aromatic carbocycles. The Morgan fingerprint density at radius 1 is 1.32 bits per heavy atom. The number of aromatic nitrogens is 3. The molecule has 1 aliphatic carbocycles. The molecule has 4 nitrogen and oxygen atoms in total. The van der Waals surface area contributed by atoms with Gasteiger partial charge in [0.1, 0.15) is 12.2 Å². The Hall–Kier alpha value is -1.68. The number of hydrogen-bond acceptors (Lipinski definition) is 3. The fraction of sp³-hybridized carbons (Fsp3) is 0.467. The lowest BCUT2D eigenvalue weighted by Crippen LogP contribution is -2.24. The van der Waals surface area contributed by atoms with E-state index in [1.54, 1.807) is 6.33 Å². The molecule has 4 heteroatoms. The second-order valence-corrected chi connectivity index (χ2v) is 5.41. The van der Waals surface area contributed by atoms with Gasteiger partial charge in [0.2, 0.25) is 0 Å². The highest BCUT2D eigenvalue weighted by atomic mass is 15.3. The van der Waals surface area contributed by atoms with E-state index in [9.17, 15) is 0 Å². The summed E-state index contributed by atoms with van der Waals surface area (Å²) in [6.07, 6.45) is 4.25. The number of hydrogen-bond donors (Lipinski definition) is 1. The Balaban J connectivity index is 1.71. The molecular weight excluding hydrogens is 236 g/mol. The Morgan fingerprint density at radius 2 is 2.05 bits per heavy atom. The van der Waals surface area contributed by atoms with Gasteiger partial charge in [-0.3, -0.25) is 4.68 Å². The molecule has 1 atom stereocenters. The monoisotopic (exact) mass is 256 g/mol. The molecule has 0 unspecified atom stereocenters. The van der Waals surface area contributed by atoms with E-state index in [1.807, 2.05) is 11.7 Å². The van der Waals surface area contributed by atoms with Crippen LogP contribution in [0.2, 0.25) is 0 Å². The number of nitrogens with one attached hydrogen (secondary N) is 1. The van der Waals surface area contributed by atoms with Crippen LogP contribution in [0.1, 0.15) is 35.8 Å². The minimum absolute atomic E-state index is 0.442. The van der Waals surface area contributed by atoms with Crippen molar-refractivity contribution in [2.24, 2.45) is 13.0 Å². The predicted molar refractivity (Wildman–Crippen MR) is 74.5 cm³/mol. The fourth-order valence-corrected chi connectivity index (χ4v) is 2.44. The summed E-state index contributed by atoms with van der Waals surface area (Å²) >= 11 is 0. The van der Waals surface area contributed by atoms with Crippen LogP contribution in [0.3, 0.4) is 0 Å². The van der Waals surface area contributed by atoms with Crippen molar-refractivity contribution in [1.82, 2.24) is 20.1 Å². The Kier molecular flexibility index (Phi) is 3.34. The van der Waals surface area contributed by atoms with Crippen LogP contribution in [0.5, 0.6) is 0 Å². The summed E-state index contributed by atoms with van der Waals surface area (Å²) in [5.74, 6) is 1.76. The van der Waals surface area contributed by atoms with Crippen LogP contribution in [0.15, 0.2) is 30.6 Å². The fourth-order valence-electron chi connectivity index (χ4n) is 2.44. The first kappa shape index (κ1) is 12.4. The topological polar surface area (TPSA) is 42.7 Å². The van der Waals surface area contributed by atoms with Crippen LogP contribution in [0, 0.1) is 12.8 Å². The first-order valence-corrected chi connectivity index (χ1v) is 6.87. The average molecular weight is 256 g/mol. The van der Waals surface area contributed by atoms with Gasteiger partial charge in [-0.2, -0.15) is 5.10 Å². The largest absolute Gasteiger partial charge is 0.303 e. The summed E-state index contributed by atoms with van der Waals surface area (Å²) < 4.78 is 1.83. The van der Waals surface area contributed by atoms with Gasteiger partial charge in [-0.15, -0.1) is 0 Å². The molecule has 0 bridgehead atoms. The van der Waals surface area contributed by atoms with E-state index < -0.39 is 0 Å². The van der Waals surface area contributed by atoms with Gasteiger partial charge in [-0.1, -0.05) is 29.8 Å². The molecule has 3 rings (SSSR count). The van der Waals surface area contributed by atoms with Gasteiger partial charge >= 0.3 is 0 Å². The summed E-state index contributed by atoms with van der Waals surface area (Å²) in [5.41, 5.74) is 2.70. The standard InChI is InChI=1S/C15H20N4/c1-11-3-5-12(6-4-11)15(13-7-8-13)16-9-14-17-10-18-19(14)2/h3-6,10,13,15-16H,7-9H2,1-2H3/t15-/m1/s1. The van der Waals surface area contributed by atoms with E-state index in [2.05, 4.69) is 46.6 Å². The molecule has 0 radical (unpaired) electrons. The van der Waals surface area contributed by atoms with Crippen LogP contribution >= 0.6 is 0 Å². The molecule has 1 heterocycles. The molecular formula is C15H20N4. The summed E-state index contributed by atoms with van der Waals surface area (Å²) in [6.45, 7) is 2.90. The first-order valence-electron chi connectivity index (χ1n) is 6.87. The molecule has 1 saturated carbocycles. The molecule has 1 aromatic heterocycles. The summed E-state index contributed by atoms with van der Waals surface area (Å²) in [4.78, 5) is 4.26. The molecule has 1 N–H and O–H groups in total. The second-order valence-electron chi connectivity index (χ2n) is 5.41. The average Bonchev–Trinajstić information content (AvgIpc) is 3.16. The molecule has 1 aliphatic rings. The van der Waals surface area contributed by atoms with E-state index in [1.165, 1.54) is 24.0 Å². The number of nitrogens with zero attached hydrogens (tertiary/aromatic N) is 3. The predicted octanol–water partition coefficient (Wildman–Crippen LogP) is 2.36. The van der Waals surface area contributed by atoms with Crippen molar-refractivity contribution in [3.63, 3.8) is 0 Å². The molecule has 0 spiro atoms. The van der Waals surface area contributed by atoms with Gasteiger partial charge in [0.15, 0.2) is 0 Å². The zero-order chi connectivity index (χ0) is 13.2. The maximum atomic E-state index is 4.26. The van der Waals surface area contributed by atoms with E-state index in [0.29, 0.717) is 6.04 Å². The van der Waals surface area contributed by atoms with Crippen molar-refractivity contribution in [2.75, 3.05) is 0 Å². The maximum absolute atomic E-state index is 4.26. The SMILES string of the molecule is Cc1ccc([C@@H](NCc2ncnn2C)C2CC2)cc1. The van der Waals surface area contributed by atoms with Gasteiger partial charge in [0.05, 0.1) is 6.54 Å². The van der Waals surface area contributed by atoms with E-state index >= 15 is 0 Å². The Morgan fingerprint density at radius 3 is 2.63 bits per heavy atom. The van der Waals surface area contributed by atoms with Crippen LogP contribution in [-0.4, -0.2) is 14.8 Å². The lowest BCUT2D eigenvalue weighted by atomic mass is 10.0. The van der Waals surface area contributed by atoms with Crippen LogP contribution in [-0.2, 0) is 13.6 Å². The molecule has 0 amide bonds. The van der Waals surface area contributed by atoms with E-state index in [-0.39, 0.29) is 0 Å². The lowest BCUT2D eigenvalue weighted by Gasteiger charge is -2.18. The third-order valence-corrected chi connectivity index (χ3v) is 3.82. The van der Waals surface area contributed by atoms with Gasteiger partial charge < -0.3 is 5.32 Å². The summed E-state index contributed by atoms with van der Waals surface area (Å²) in [6, 6.07) is 9.30. The van der Waals surface area contributed by atoms with Crippen molar-refractivity contribution in [3.8, 4) is 0 Å². The molecule has 100 valence electrons. The van der Waals surface area contributed by atoms with Gasteiger partial charge in [-0.05, 0) is 31.2 Å². The second kappa shape index (κ2) is 5.13. The lowest BCUT2D eigenvalue weighted by molar-refractivity contribution is 0.464. The minimum atomic E-state index is 0.442. The normalized spacial score (nSPS) is 16.5. The summed E-state index contributed by atoms with van der Waals surface area (Å²) in [7, 11) is 1.93. The molecule has 1 fully saturated rings. The van der Waals surface area contributed by atoms with E-state index in [4.69, 9.17) is 0 Å². The third kappa shape index (κ3) is 2.84. The quantitative estimate of drug-likeness (QED) is 0.893. The summed E-state index contributed by atoms with van der Waals surface area (Å²) in [5, 5.41) is 7.74. The van der Waals surface area contributed by atoms with Crippen molar-refractivity contribution >= 4 is 0 Å². The Bertz CT molecular complexity index is 540. The maximum Gasteiger partial charge on any atom is 0.140 e. The molecule has 0 aliphatic heterocycles. The number of aryl methyl sites for hydroxylation is 2. The van der Waals surface area contributed by atoms with Gasteiger partial charge in [-0.25, -0.2) is 4.98 Å². The highest BCUT2D eigenvalue weighted by Gasteiger charge is 2.32. The zero-order valence-corrected chi connectivity index (χ0v) is 11.5. The smallest absolute Gasteiger partial charge is 0.140 e. The van der Waals surface area contributed by atoms with Crippen molar-refractivity contribution in [1.29, 1.82) is 0 Å². The third-order valence-electron chi connectivity index (χ3n) is 3.82. The van der Waals surface area contributed by atoms with Gasteiger partial charge in [0, 0.05) is 13.1 Å². The molecule has 2 aromatic rings. The van der Waals surface area contributed by atoms with Crippen molar-refractivity contribution in [3.05, 3.63) is 47.5 Å². The number of benzene rings is 1. The van der Waals surface area contributed by atoms with Gasteiger partial charge in [0.25, 0.3) is 0 Å². The highest BCUT2D eigenvalue weighted by molar-refractivity contribution is 5.25. The van der Waals surface area contributed by atoms with Crippen LogP contribution in [0.4, 0.5) is 0 Å². The van der Waals surface area contributed by atoms with Crippen LogP contribution < -0.4 is 5.32 Å². The zero-order valence-electron chi connectivity index (χ0n) is 11.5. The minimum Gasteiger partial charge on any atom is -0.303 e.